The summed E-state index contributed by atoms with van der Waals surface area (Å²) in [5, 5.41) is 0. The molecule has 0 fully saturated rings. The minimum atomic E-state index is 0.347. The van der Waals surface area contributed by atoms with Crippen molar-refractivity contribution in [1.82, 2.24) is 14.4 Å². The number of rotatable bonds is 6. The van der Waals surface area contributed by atoms with Gasteiger partial charge in [-0.1, -0.05) is 105 Å². The maximum absolute atomic E-state index is 5.16. The average molecular weight is 418 g/mol. The average Bonchev–Trinajstić information content (AvgIpc) is 3.19. The molecule has 0 N–H and O–H groups in total. The standard InChI is InChI=1S/C29H27N3/c1-21(2)28-25(18-22-12-6-3-7-13-22)31-29-26(19-23-14-8-4-9-15-23)30-27(20-32(28)29)24-16-10-5-11-17-24/h3-17,20-21H,18-19H2,1-2H3. The molecule has 0 amide bonds. The summed E-state index contributed by atoms with van der Waals surface area (Å²) in [6.07, 6.45) is 3.74. The van der Waals surface area contributed by atoms with Crippen LogP contribution in [-0.4, -0.2) is 14.4 Å². The molecule has 0 saturated heterocycles. The van der Waals surface area contributed by atoms with Gasteiger partial charge in [-0.15, -0.1) is 0 Å². The van der Waals surface area contributed by atoms with Crippen molar-refractivity contribution in [2.45, 2.75) is 32.6 Å². The van der Waals surface area contributed by atoms with Crippen molar-refractivity contribution in [2.75, 3.05) is 0 Å². The Morgan fingerprint density at radius 2 is 1.19 bits per heavy atom. The van der Waals surface area contributed by atoms with Gasteiger partial charge in [0, 0.05) is 30.3 Å². The first-order chi connectivity index (χ1) is 15.7. The lowest BCUT2D eigenvalue weighted by Gasteiger charge is -2.12. The number of benzene rings is 3. The minimum Gasteiger partial charge on any atom is -0.300 e. The number of fused-ring (bicyclic) bond motifs is 1. The highest BCUT2D eigenvalue weighted by Crippen LogP contribution is 2.28. The summed E-state index contributed by atoms with van der Waals surface area (Å²) in [4.78, 5) is 10.3. The summed E-state index contributed by atoms with van der Waals surface area (Å²) in [6.45, 7) is 4.49. The van der Waals surface area contributed by atoms with E-state index in [1.54, 1.807) is 0 Å². The second kappa shape index (κ2) is 8.80. The monoisotopic (exact) mass is 417 g/mol. The smallest absolute Gasteiger partial charge is 0.159 e. The fourth-order valence-corrected chi connectivity index (χ4v) is 4.36. The Balaban J connectivity index is 1.71. The Bertz CT molecular complexity index is 1320. The molecule has 5 rings (SSSR count). The molecule has 0 aliphatic heterocycles. The molecule has 0 unspecified atom stereocenters. The molecule has 0 radical (unpaired) electrons. The van der Waals surface area contributed by atoms with Gasteiger partial charge in [0.15, 0.2) is 5.65 Å². The van der Waals surface area contributed by atoms with E-state index in [0.29, 0.717) is 5.92 Å². The van der Waals surface area contributed by atoms with Crippen molar-refractivity contribution in [3.8, 4) is 11.3 Å². The van der Waals surface area contributed by atoms with E-state index in [1.807, 2.05) is 6.07 Å². The lowest BCUT2D eigenvalue weighted by Crippen LogP contribution is -2.04. The van der Waals surface area contributed by atoms with Crippen LogP contribution >= 0.6 is 0 Å². The summed E-state index contributed by atoms with van der Waals surface area (Å²) < 4.78 is 2.29. The van der Waals surface area contributed by atoms with Crippen LogP contribution in [0, 0.1) is 0 Å². The van der Waals surface area contributed by atoms with Crippen molar-refractivity contribution >= 4 is 5.65 Å². The van der Waals surface area contributed by atoms with Gasteiger partial charge in [0.2, 0.25) is 0 Å². The zero-order valence-electron chi connectivity index (χ0n) is 18.6. The molecule has 3 nitrogen and oxygen atoms in total. The summed E-state index contributed by atoms with van der Waals surface area (Å²) >= 11 is 0. The van der Waals surface area contributed by atoms with Crippen LogP contribution < -0.4 is 0 Å². The van der Waals surface area contributed by atoms with Crippen LogP contribution in [0.5, 0.6) is 0 Å². The van der Waals surface area contributed by atoms with Crippen LogP contribution in [0.2, 0.25) is 0 Å². The lowest BCUT2D eigenvalue weighted by molar-refractivity contribution is 0.788. The third kappa shape index (κ3) is 4.06. The summed E-state index contributed by atoms with van der Waals surface area (Å²) in [7, 11) is 0. The molecule has 2 heterocycles. The molecule has 0 saturated carbocycles. The first-order valence-corrected chi connectivity index (χ1v) is 11.2. The van der Waals surface area contributed by atoms with Crippen molar-refractivity contribution < 1.29 is 0 Å². The van der Waals surface area contributed by atoms with Gasteiger partial charge in [-0.2, -0.15) is 0 Å². The van der Waals surface area contributed by atoms with Crippen LogP contribution in [0.1, 0.15) is 48.0 Å². The Kier molecular flexibility index (Phi) is 5.55. The van der Waals surface area contributed by atoms with Crippen LogP contribution in [0.15, 0.2) is 97.2 Å². The third-order valence-electron chi connectivity index (χ3n) is 5.83. The fraction of sp³-hybridized carbons (Fsp3) is 0.172. The van der Waals surface area contributed by atoms with Gasteiger partial charge in [-0.3, -0.25) is 4.40 Å². The topological polar surface area (TPSA) is 30.2 Å². The van der Waals surface area contributed by atoms with E-state index < -0.39 is 0 Å². The molecule has 3 heteroatoms. The molecule has 158 valence electrons. The molecule has 32 heavy (non-hydrogen) atoms. The maximum Gasteiger partial charge on any atom is 0.159 e. The summed E-state index contributed by atoms with van der Waals surface area (Å²) in [5.74, 6) is 0.347. The van der Waals surface area contributed by atoms with Gasteiger partial charge in [-0.05, 0) is 17.0 Å². The fourth-order valence-electron chi connectivity index (χ4n) is 4.36. The third-order valence-corrected chi connectivity index (χ3v) is 5.83. The van der Waals surface area contributed by atoms with E-state index in [0.717, 1.165) is 41.1 Å². The number of hydrogen-bond acceptors (Lipinski definition) is 2. The first-order valence-electron chi connectivity index (χ1n) is 11.2. The molecular formula is C29H27N3. The zero-order chi connectivity index (χ0) is 21.9. The molecule has 0 aliphatic carbocycles. The van der Waals surface area contributed by atoms with Crippen molar-refractivity contribution in [1.29, 1.82) is 0 Å². The molecule has 0 atom stereocenters. The van der Waals surface area contributed by atoms with Crippen LogP contribution in [-0.2, 0) is 12.8 Å². The molecule has 2 aromatic heterocycles. The van der Waals surface area contributed by atoms with Gasteiger partial charge in [0.1, 0.15) is 0 Å². The number of aromatic nitrogens is 3. The van der Waals surface area contributed by atoms with Gasteiger partial charge in [0.05, 0.1) is 17.1 Å². The normalized spacial score (nSPS) is 11.3. The molecule has 3 aromatic carbocycles. The quantitative estimate of drug-likeness (QED) is 0.308. The highest BCUT2D eigenvalue weighted by molar-refractivity contribution is 5.62. The molecular weight excluding hydrogens is 390 g/mol. The second-order valence-corrected chi connectivity index (χ2v) is 8.56. The van der Waals surface area contributed by atoms with E-state index >= 15 is 0 Å². The molecule has 5 aromatic rings. The van der Waals surface area contributed by atoms with Crippen molar-refractivity contribution in [2.24, 2.45) is 0 Å². The van der Waals surface area contributed by atoms with E-state index in [1.165, 1.54) is 16.8 Å². The Hall–Kier alpha value is -3.72. The van der Waals surface area contributed by atoms with Crippen LogP contribution in [0.25, 0.3) is 16.9 Å². The summed E-state index contributed by atoms with van der Waals surface area (Å²) in [6, 6.07) is 31.5. The zero-order valence-corrected chi connectivity index (χ0v) is 18.6. The minimum absolute atomic E-state index is 0.347. The summed E-state index contributed by atoms with van der Waals surface area (Å²) in [5.41, 5.74) is 8.99. The lowest BCUT2D eigenvalue weighted by atomic mass is 10.0. The van der Waals surface area contributed by atoms with Gasteiger partial charge < -0.3 is 0 Å². The van der Waals surface area contributed by atoms with Crippen molar-refractivity contribution in [3.05, 3.63) is 125 Å². The van der Waals surface area contributed by atoms with E-state index in [2.05, 4.69) is 109 Å². The number of imidazole rings is 1. The Labute approximate surface area is 189 Å². The first kappa shape index (κ1) is 20.2. The van der Waals surface area contributed by atoms with Crippen molar-refractivity contribution in [3.63, 3.8) is 0 Å². The van der Waals surface area contributed by atoms with E-state index in [-0.39, 0.29) is 0 Å². The number of nitrogens with zero attached hydrogens (tertiary/aromatic N) is 3. The van der Waals surface area contributed by atoms with Crippen LogP contribution in [0.3, 0.4) is 0 Å². The Morgan fingerprint density at radius 3 is 1.75 bits per heavy atom. The highest BCUT2D eigenvalue weighted by atomic mass is 15.1. The van der Waals surface area contributed by atoms with E-state index in [4.69, 9.17) is 9.97 Å². The molecule has 0 spiro atoms. The number of hydrogen-bond donors (Lipinski definition) is 0. The predicted octanol–water partition coefficient (Wildman–Crippen LogP) is 6.70. The molecule has 0 bridgehead atoms. The SMILES string of the molecule is CC(C)c1c(Cc2ccccc2)nc2c(Cc3ccccc3)nc(-c3ccccc3)cn12. The Morgan fingerprint density at radius 1 is 0.656 bits per heavy atom. The second-order valence-electron chi connectivity index (χ2n) is 8.56. The maximum atomic E-state index is 5.16. The van der Waals surface area contributed by atoms with Gasteiger partial charge >= 0.3 is 0 Å². The van der Waals surface area contributed by atoms with Gasteiger partial charge in [-0.25, -0.2) is 9.97 Å². The van der Waals surface area contributed by atoms with Gasteiger partial charge in [0.25, 0.3) is 0 Å². The largest absolute Gasteiger partial charge is 0.300 e. The highest BCUT2D eigenvalue weighted by Gasteiger charge is 2.20. The molecule has 0 aliphatic rings. The van der Waals surface area contributed by atoms with E-state index in [9.17, 15) is 0 Å². The predicted molar refractivity (Wildman–Crippen MR) is 131 cm³/mol. The van der Waals surface area contributed by atoms with Crippen LogP contribution in [0.4, 0.5) is 0 Å².